The van der Waals surface area contributed by atoms with Crippen LogP contribution in [0.5, 0.6) is 11.5 Å². The zero-order chi connectivity index (χ0) is 22.5. The zero-order valence-corrected chi connectivity index (χ0v) is 17.5. The smallest absolute Gasteiger partial charge is 0.294 e. The normalized spacial score (nSPS) is 14.6. The molecular weight excluding hydrogens is 422 g/mol. The van der Waals surface area contributed by atoms with E-state index in [-0.39, 0.29) is 22.3 Å². The van der Waals surface area contributed by atoms with Gasteiger partial charge in [-0.25, -0.2) is 0 Å². The Labute approximate surface area is 182 Å². The van der Waals surface area contributed by atoms with E-state index < -0.39 is 23.6 Å². The number of aromatic hydroxyl groups is 1. The van der Waals surface area contributed by atoms with E-state index in [0.717, 1.165) is 16.7 Å². The highest BCUT2D eigenvalue weighted by atomic mass is 32.2. The third-order valence-electron chi connectivity index (χ3n) is 4.14. The van der Waals surface area contributed by atoms with Gasteiger partial charge in [-0.2, -0.15) is 0 Å². The minimum absolute atomic E-state index is 0.0491. The number of carbonyl (C=O) groups is 4. The lowest BCUT2D eigenvalue weighted by Crippen LogP contribution is -2.36. The van der Waals surface area contributed by atoms with Crippen LogP contribution in [0.25, 0.3) is 6.08 Å². The molecule has 0 atom stereocenters. The number of imide groups is 1. The predicted molar refractivity (Wildman–Crippen MR) is 117 cm³/mol. The first-order valence-electron chi connectivity index (χ1n) is 9.06. The topological polar surface area (TPSA) is 125 Å². The summed E-state index contributed by atoms with van der Waals surface area (Å²) in [4.78, 5) is 49.4. The summed E-state index contributed by atoms with van der Waals surface area (Å²) < 4.78 is 5.03. The van der Waals surface area contributed by atoms with Gasteiger partial charge >= 0.3 is 0 Å². The van der Waals surface area contributed by atoms with Crippen molar-refractivity contribution in [3.63, 3.8) is 0 Å². The number of benzene rings is 2. The van der Waals surface area contributed by atoms with Gasteiger partial charge in [0.05, 0.1) is 12.0 Å². The van der Waals surface area contributed by atoms with Crippen LogP contribution >= 0.6 is 11.8 Å². The summed E-state index contributed by atoms with van der Waals surface area (Å²) in [7, 11) is 1.40. The predicted octanol–water partition coefficient (Wildman–Crippen LogP) is 3.03. The van der Waals surface area contributed by atoms with E-state index in [0.29, 0.717) is 16.9 Å². The average molecular weight is 441 g/mol. The number of phenolic OH excluding ortho intramolecular Hbond substituents is 1. The number of ether oxygens (including phenoxy) is 1. The molecule has 0 spiro atoms. The largest absolute Gasteiger partial charge is 0.504 e. The molecule has 2 aromatic rings. The van der Waals surface area contributed by atoms with E-state index in [4.69, 9.17) is 4.74 Å². The lowest BCUT2D eigenvalue weighted by molar-refractivity contribution is -0.127. The van der Waals surface area contributed by atoms with Crippen LogP contribution < -0.4 is 15.4 Å². The Morgan fingerprint density at radius 1 is 1.13 bits per heavy atom. The summed E-state index contributed by atoms with van der Waals surface area (Å²) in [6, 6.07) is 11.0. The van der Waals surface area contributed by atoms with E-state index >= 15 is 0 Å². The van der Waals surface area contributed by atoms with Crippen molar-refractivity contribution >= 4 is 52.2 Å². The van der Waals surface area contributed by atoms with Crippen LogP contribution in [-0.4, -0.2) is 46.6 Å². The number of methoxy groups -OCH3 is 1. The Bertz CT molecular complexity index is 1100. The standard InChI is InChI=1S/C21H19N3O6S/c1-12(25)22-14-4-3-5-15(10-14)23-19(27)11-24-20(28)18(31-21(24)29)9-13-6-7-16(26)17(8-13)30-2/h3-10,26H,11H2,1-2H3,(H,22,25)(H,23,27)/b18-9-. The highest BCUT2D eigenvalue weighted by molar-refractivity contribution is 8.18. The van der Waals surface area contributed by atoms with Crippen molar-refractivity contribution in [2.75, 3.05) is 24.3 Å². The first-order chi connectivity index (χ1) is 14.8. The van der Waals surface area contributed by atoms with Crippen molar-refractivity contribution in [3.8, 4) is 11.5 Å². The van der Waals surface area contributed by atoms with Crippen molar-refractivity contribution < 1.29 is 29.0 Å². The Hall–Kier alpha value is -3.79. The molecule has 4 amide bonds. The summed E-state index contributed by atoms with van der Waals surface area (Å²) in [6.07, 6.45) is 1.49. The molecule has 1 aliphatic rings. The van der Waals surface area contributed by atoms with Gasteiger partial charge in [-0.3, -0.25) is 24.1 Å². The van der Waals surface area contributed by atoms with Crippen molar-refractivity contribution in [2.24, 2.45) is 0 Å². The molecule has 10 heteroatoms. The number of hydrogen-bond acceptors (Lipinski definition) is 7. The molecule has 0 bridgehead atoms. The molecule has 9 nitrogen and oxygen atoms in total. The fourth-order valence-corrected chi connectivity index (χ4v) is 3.63. The van der Waals surface area contributed by atoms with Gasteiger partial charge < -0.3 is 20.5 Å². The van der Waals surface area contributed by atoms with Gasteiger partial charge in [-0.15, -0.1) is 0 Å². The van der Waals surface area contributed by atoms with E-state index in [1.807, 2.05) is 0 Å². The minimum Gasteiger partial charge on any atom is -0.504 e. The molecule has 0 saturated carbocycles. The van der Waals surface area contributed by atoms with Gasteiger partial charge in [-0.1, -0.05) is 12.1 Å². The molecule has 1 saturated heterocycles. The number of thioether (sulfide) groups is 1. The third-order valence-corrected chi connectivity index (χ3v) is 5.05. The van der Waals surface area contributed by atoms with E-state index in [1.165, 1.54) is 32.2 Å². The summed E-state index contributed by atoms with van der Waals surface area (Å²) in [5.41, 5.74) is 1.47. The summed E-state index contributed by atoms with van der Waals surface area (Å²) >= 11 is 0.720. The number of carbonyl (C=O) groups excluding carboxylic acids is 4. The molecule has 1 heterocycles. The quantitative estimate of drug-likeness (QED) is 0.589. The van der Waals surface area contributed by atoms with Crippen LogP contribution in [0.15, 0.2) is 47.4 Å². The number of phenols is 1. The monoisotopic (exact) mass is 441 g/mol. The van der Waals surface area contributed by atoms with Crippen LogP contribution in [-0.2, 0) is 14.4 Å². The van der Waals surface area contributed by atoms with Gasteiger partial charge in [0, 0.05) is 18.3 Å². The molecule has 160 valence electrons. The Morgan fingerprint density at radius 2 is 1.84 bits per heavy atom. The van der Waals surface area contributed by atoms with E-state index in [2.05, 4.69) is 10.6 Å². The molecule has 1 aliphatic heterocycles. The summed E-state index contributed by atoms with van der Waals surface area (Å²) in [5, 5.41) is 14.3. The van der Waals surface area contributed by atoms with Crippen molar-refractivity contribution in [2.45, 2.75) is 6.92 Å². The molecule has 3 rings (SSSR count). The zero-order valence-electron chi connectivity index (χ0n) is 16.7. The second kappa shape index (κ2) is 9.35. The van der Waals surface area contributed by atoms with Gasteiger partial charge in [0.25, 0.3) is 11.1 Å². The summed E-state index contributed by atoms with van der Waals surface area (Å²) in [6.45, 7) is 0.915. The Balaban J connectivity index is 1.68. The average Bonchev–Trinajstić information content (AvgIpc) is 2.96. The van der Waals surface area contributed by atoms with Crippen LogP contribution in [0, 0.1) is 0 Å². The lowest BCUT2D eigenvalue weighted by Gasteiger charge is -2.13. The molecule has 2 aromatic carbocycles. The van der Waals surface area contributed by atoms with Gasteiger partial charge in [0.15, 0.2) is 11.5 Å². The maximum absolute atomic E-state index is 12.6. The van der Waals surface area contributed by atoms with E-state index in [1.54, 1.807) is 30.3 Å². The van der Waals surface area contributed by atoms with Crippen LogP contribution in [0.4, 0.5) is 16.2 Å². The fraction of sp³-hybridized carbons (Fsp3) is 0.143. The molecular formula is C21H19N3O6S. The molecule has 3 N–H and O–H groups in total. The Kier molecular flexibility index (Phi) is 6.61. The van der Waals surface area contributed by atoms with Gasteiger partial charge in [0.2, 0.25) is 11.8 Å². The van der Waals surface area contributed by atoms with Crippen LogP contribution in [0.2, 0.25) is 0 Å². The molecule has 0 radical (unpaired) electrons. The molecule has 1 fully saturated rings. The summed E-state index contributed by atoms with van der Waals surface area (Å²) in [5.74, 6) is -1.22. The lowest BCUT2D eigenvalue weighted by atomic mass is 10.2. The maximum atomic E-state index is 12.6. The highest BCUT2D eigenvalue weighted by Crippen LogP contribution is 2.34. The number of rotatable bonds is 6. The maximum Gasteiger partial charge on any atom is 0.294 e. The molecule has 0 aliphatic carbocycles. The minimum atomic E-state index is -0.593. The first kappa shape index (κ1) is 21.9. The number of nitrogens with zero attached hydrogens (tertiary/aromatic N) is 1. The molecule has 31 heavy (non-hydrogen) atoms. The van der Waals surface area contributed by atoms with Crippen molar-refractivity contribution in [1.29, 1.82) is 0 Å². The molecule has 0 unspecified atom stereocenters. The van der Waals surface area contributed by atoms with Gasteiger partial charge in [-0.05, 0) is 53.7 Å². The van der Waals surface area contributed by atoms with Crippen molar-refractivity contribution in [3.05, 3.63) is 52.9 Å². The highest BCUT2D eigenvalue weighted by Gasteiger charge is 2.36. The van der Waals surface area contributed by atoms with Crippen molar-refractivity contribution in [1.82, 2.24) is 4.90 Å². The second-order valence-electron chi connectivity index (χ2n) is 6.51. The Morgan fingerprint density at radius 3 is 2.52 bits per heavy atom. The number of hydrogen-bond donors (Lipinski definition) is 3. The third kappa shape index (κ3) is 5.43. The second-order valence-corrected chi connectivity index (χ2v) is 7.50. The van der Waals surface area contributed by atoms with Crippen LogP contribution in [0.1, 0.15) is 12.5 Å². The fourth-order valence-electron chi connectivity index (χ4n) is 2.79. The number of anilines is 2. The van der Waals surface area contributed by atoms with Gasteiger partial charge in [0.1, 0.15) is 6.54 Å². The first-order valence-corrected chi connectivity index (χ1v) is 9.88. The molecule has 0 aromatic heterocycles. The SMILES string of the molecule is COc1cc(/C=C2\SC(=O)N(CC(=O)Nc3cccc(NC(C)=O)c3)C2=O)ccc1O. The van der Waals surface area contributed by atoms with Crippen LogP contribution in [0.3, 0.4) is 0 Å². The number of nitrogens with one attached hydrogen (secondary N) is 2. The van der Waals surface area contributed by atoms with E-state index in [9.17, 15) is 24.3 Å². The number of amides is 4.